The SMILES string of the molecule is CCCc1nc2cccc(Cl)c2c(=O)n1C1CC1.CN=C(N=C(N)c1c(N)ncnc1N)C(N)=O. The smallest absolute Gasteiger partial charge is 0.286 e. The summed E-state index contributed by atoms with van der Waals surface area (Å²) in [6.45, 7) is 2.10. The van der Waals surface area contributed by atoms with Gasteiger partial charge in [-0.2, -0.15) is 0 Å². The molecule has 0 atom stereocenters. The number of benzene rings is 1. The molecule has 4 rings (SSSR count). The van der Waals surface area contributed by atoms with E-state index < -0.39 is 5.91 Å². The Bertz CT molecular complexity index is 1360. The predicted octanol–water partition coefficient (Wildman–Crippen LogP) is 1.20. The van der Waals surface area contributed by atoms with E-state index in [0.29, 0.717) is 22.0 Å². The summed E-state index contributed by atoms with van der Waals surface area (Å²) in [5.41, 5.74) is 22.7. The predicted molar refractivity (Wildman–Crippen MR) is 137 cm³/mol. The third-order valence-corrected chi connectivity index (χ3v) is 5.47. The first-order valence-corrected chi connectivity index (χ1v) is 11.2. The molecule has 1 aromatic carbocycles. The quantitative estimate of drug-likeness (QED) is 0.302. The molecule has 3 aromatic rings. The first kappa shape index (κ1) is 25.6. The van der Waals surface area contributed by atoms with Gasteiger partial charge in [0.15, 0.2) is 0 Å². The van der Waals surface area contributed by atoms with Gasteiger partial charge in [-0.1, -0.05) is 24.6 Å². The Kier molecular flexibility index (Phi) is 7.97. The van der Waals surface area contributed by atoms with Crippen LogP contribution in [0.2, 0.25) is 5.02 Å². The minimum absolute atomic E-state index is 0.0246. The number of carbonyl (C=O) groups is 1. The van der Waals surface area contributed by atoms with E-state index in [1.165, 1.54) is 13.4 Å². The number of primary amides is 1. The number of amidine groups is 2. The fourth-order valence-corrected chi connectivity index (χ4v) is 3.67. The number of nitrogens with zero attached hydrogens (tertiary/aromatic N) is 6. The van der Waals surface area contributed by atoms with Crippen LogP contribution >= 0.6 is 11.6 Å². The van der Waals surface area contributed by atoms with Crippen LogP contribution in [0.25, 0.3) is 10.9 Å². The van der Waals surface area contributed by atoms with E-state index in [2.05, 4.69) is 31.9 Å². The first-order chi connectivity index (χ1) is 16.7. The molecule has 2 heterocycles. The number of aliphatic imine (C=N–C) groups is 2. The second kappa shape index (κ2) is 10.9. The molecule has 1 amide bonds. The minimum Gasteiger partial charge on any atom is -0.383 e. The molecule has 35 heavy (non-hydrogen) atoms. The van der Waals surface area contributed by atoms with Crippen LogP contribution in [0.1, 0.15) is 43.6 Å². The molecule has 0 aliphatic heterocycles. The number of aromatic nitrogens is 4. The molecule has 0 unspecified atom stereocenters. The van der Waals surface area contributed by atoms with Crippen LogP contribution in [-0.4, -0.2) is 44.1 Å². The van der Waals surface area contributed by atoms with E-state index in [1.807, 2.05) is 16.7 Å². The standard InChI is InChI=1S/C14H15ClN2O.C8H12N8O/c1-2-4-12-16-11-6-3-5-10(15)13(11)14(18)17(12)9-7-8-9;1-13-8(7(12)17)16-6(11)3-4(9)14-2-15-5(3)10/h3,5-6,9H,2,4,7-8H2,1H3;2H,1H3,(H2,12,17)(H2,11,13,16)(H4,9,10,14,15). The van der Waals surface area contributed by atoms with Crippen molar-refractivity contribution in [3.05, 3.63) is 51.3 Å². The van der Waals surface area contributed by atoms with Crippen LogP contribution in [-0.2, 0) is 11.2 Å². The zero-order valence-corrected chi connectivity index (χ0v) is 20.2. The van der Waals surface area contributed by atoms with Gasteiger partial charge in [-0.25, -0.2) is 19.9 Å². The summed E-state index contributed by atoms with van der Waals surface area (Å²) in [4.78, 5) is 42.8. The Labute approximate surface area is 206 Å². The number of amides is 1. The average Bonchev–Trinajstić information content (AvgIpc) is 3.63. The van der Waals surface area contributed by atoms with Crippen molar-refractivity contribution < 1.29 is 4.79 Å². The molecule has 0 radical (unpaired) electrons. The van der Waals surface area contributed by atoms with E-state index >= 15 is 0 Å². The summed E-state index contributed by atoms with van der Waals surface area (Å²) < 4.78 is 1.86. The molecule has 184 valence electrons. The van der Waals surface area contributed by atoms with Gasteiger partial charge >= 0.3 is 0 Å². The monoisotopic (exact) mass is 498 g/mol. The van der Waals surface area contributed by atoms with Gasteiger partial charge in [0, 0.05) is 19.5 Å². The summed E-state index contributed by atoms with van der Waals surface area (Å²) in [6, 6.07) is 5.80. The van der Waals surface area contributed by atoms with Crippen LogP contribution < -0.4 is 28.5 Å². The largest absolute Gasteiger partial charge is 0.383 e. The Morgan fingerprint density at radius 3 is 2.40 bits per heavy atom. The lowest BCUT2D eigenvalue weighted by molar-refractivity contribution is -0.112. The summed E-state index contributed by atoms with van der Waals surface area (Å²) in [5.74, 6) is -0.174. The fraction of sp³-hybridized carbons (Fsp3) is 0.318. The van der Waals surface area contributed by atoms with Crippen molar-refractivity contribution in [2.75, 3.05) is 18.5 Å². The minimum atomic E-state index is -0.815. The van der Waals surface area contributed by atoms with Gasteiger partial charge < -0.3 is 22.9 Å². The lowest BCUT2D eigenvalue weighted by Gasteiger charge is -2.12. The number of halogens is 1. The normalized spacial score (nSPS) is 13.9. The number of carbonyl (C=O) groups excluding carboxylic acids is 1. The van der Waals surface area contributed by atoms with Gasteiger partial charge in [0.05, 0.1) is 15.9 Å². The summed E-state index contributed by atoms with van der Waals surface area (Å²) >= 11 is 6.14. The van der Waals surface area contributed by atoms with Gasteiger partial charge in [-0.15, -0.1) is 0 Å². The third-order valence-electron chi connectivity index (χ3n) is 5.16. The van der Waals surface area contributed by atoms with Gasteiger partial charge in [-0.3, -0.25) is 19.1 Å². The van der Waals surface area contributed by atoms with Gasteiger partial charge in [0.1, 0.15) is 35.2 Å². The van der Waals surface area contributed by atoms with Crippen molar-refractivity contribution in [3.63, 3.8) is 0 Å². The second-order valence-corrected chi connectivity index (χ2v) is 8.15. The second-order valence-electron chi connectivity index (χ2n) is 7.75. The number of hydrogen-bond acceptors (Lipinski definition) is 8. The third kappa shape index (κ3) is 5.72. The Morgan fingerprint density at radius 2 is 1.86 bits per heavy atom. The summed E-state index contributed by atoms with van der Waals surface area (Å²) in [5, 5.41) is 1.06. The fourth-order valence-electron chi connectivity index (χ4n) is 3.42. The zero-order valence-electron chi connectivity index (χ0n) is 19.4. The highest BCUT2D eigenvalue weighted by atomic mass is 35.5. The maximum absolute atomic E-state index is 12.6. The molecular weight excluding hydrogens is 472 g/mol. The lowest BCUT2D eigenvalue weighted by atomic mass is 10.2. The number of fused-ring (bicyclic) bond motifs is 1. The maximum Gasteiger partial charge on any atom is 0.286 e. The van der Waals surface area contributed by atoms with Crippen LogP contribution in [0.3, 0.4) is 0 Å². The Balaban J connectivity index is 0.000000196. The highest BCUT2D eigenvalue weighted by Gasteiger charge is 2.28. The molecular formula is C22H27ClN10O2. The van der Waals surface area contributed by atoms with Crippen molar-refractivity contribution in [1.29, 1.82) is 0 Å². The van der Waals surface area contributed by atoms with Crippen molar-refractivity contribution >= 4 is 51.7 Å². The molecule has 12 nitrogen and oxygen atoms in total. The highest BCUT2D eigenvalue weighted by molar-refractivity contribution is 6.40. The summed E-state index contributed by atoms with van der Waals surface area (Å²) in [6.07, 6.45) is 5.17. The number of anilines is 2. The molecule has 1 aliphatic rings. The van der Waals surface area contributed by atoms with E-state index in [-0.39, 0.29) is 34.4 Å². The van der Waals surface area contributed by atoms with Crippen LogP contribution in [0, 0.1) is 0 Å². The molecule has 13 heteroatoms. The number of hydrogen-bond donors (Lipinski definition) is 4. The van der Waals surface area contributed by atoms with Crippen molar-refractivity contribution in [2.45, 2.75) is 38.6 Å². The number of nitrogen functional groups attached to an aromatic ring is 2. The molecule has 1 fully saturated rings. The maximum atomic E-state index is 12.6. The molecule has 8 N–H and O–H groups in total. The van der Waals surface area contributed by atoms with Crippen molar-refractivity contribution in [3.8, 4) is 0 Å². The van der Waals surface area contributed by atoms with E-state index in [9.17, 15) is 9.59 Å². The number of rotatable bonds is 4. The average molecular weight is 499 g/mol. The first-order valence-electron chi connectivity index (χ1n) is 10.9. The van der Waals surface area contributed by atoms with E-state index in [0.717, 1.165) is 31.5 Å². The topological polar surface area (TPSA) is 207 Å². The Hall–Kier alpha value is -4.06. The van der Waals surface area contributed by atoms with Crippen LogP contribution in [0.15, 0.2) is 39.3 Å². The number of nitrogens with two attached hydrogens (primary N) is 4. The summed E-state index contributed by atoms with van der Waals surface area (Å²) in [7, 11) is 1.35. The lowest BCUT2D eigenvalue weighted by Crippen LogP contribution is -2.27. The van der Waals surface area contributed by atoms with Crippen molar-refractivity contribution in [1.82, 2.24) is 19.5 Å². The molecule has 1 aliphatic carbocycles. The molecule has 0 spiro atoms. The van der Waals surface area contributed by atoms with Gasteiger partial charge in [-0.05, 0) is 31.4 Å². The van der Waals surface area contributed by atoms with Crippen LogP contribution in [0.5, 0.6) is 0 Å². The molecule has 0 bridgehead atoms. The van der Waals surface area contributed by atoms with Gasteiger partial charge in [0.25, 0.3) is 11.5 Å². The molecule has 2 aromatic heterocycles. The van der Waals surface area contributed by atoms with Crippen molar-refractivity contribution in [2.24, 2.45) is 21.5 Å². The highest BCUT2D eigenvalue weighted by Crippen LogP contribution is 2.35. The van der Waals surface area contributed by atoms with E-state index in [1.54, 1.807) is 6.07 Å². The van der Waals surface area contributed by atoms with Crippen LogP contribution in [0.4, 0.5) is 11.6 Å². The molecule has 0 saturated heterocycles. The molecule has 1 saturated carbocycles. The Morgan fingerprint density at radius 1 is 1.20 bits per heavy atom. The van der Waals surface area contributed by atoms with Gasteiger partial charge in [0.2, 0.25) is 5.84 Å². The van der Waals surface area contributed by atoms with E-state index in [4.69, 9.17) is 34.5 Å². The zero-order chi connectivity index (χ0) is 25.7. The number of aryl methyl sites for hydroxylation is 1.